The minimum Gasteiger partial charge on any atom is -0.466 e. The largest absolute Gasteiger partial charge is 0.466 e. The summed E-state index contributed by atoms with van der Waals surface area (Å²) in [5, 5.41) is 2.74. The maximum atomic E-state index is 12.6. The molecule has 7 heteroatoms. The average Bonchev–Trinajstić information content (AvgIpc) is 2.85. The van der Waals surface area contributed by atoms with E-state index in [2.05, 4.69) is 5.32 Å². The summed E-state index contributed by atoms with van der Waals surface area (Å²) in [5.74, 6) is 1.01. The van der Waals surface area contributed by atoms with Crippen molar-refractivity contribution in [1.29, 1.82) is 0 Å². The summed E-state index contributed by atoms with van der Waals surface area (Å²) in [7, 11) is 3.15. The van der Waals surface area contributed by atoms with Crippen LogP contribution in [0.5, 0.6) is 0 Å². The molecule has 0 atom stereocenters. The summed E-state index contributed by atoms with van der Waals surface area (Å²) in [6, 6.07) is 1.72. The van der Waals surface area contributed by atoms with Gasteiger partial charge in [0.25, 0.3) is 5.91 Å². The van der Waals surface area contributed by atoms with Crippen LogP contribution in [-0.4, -0.2) is 63.8 Å². The van der Waals surface area contributed by atoms with Crippen LogP contribution in [0, 0.1) is 13.8 Å². The molecule has 0 spiro atoms. The van der Waals surface area contributed by atoms with E-state index < -0.39 is 0 Å². The highest BCUT2D eigenvalue weighted by Gasteiger charge is 2.21. The van der Waals surface area contributed by atoms with Gasteiger partial charge in [-0.3, -0.25) is 9.59 Å². The average molecular weight is 326 g/mol. The molecule has 1 rings (SSSR count). The molecule has 1 aromatic heterocycles. The third-order valence-electron chi connectivity index (χ3n) is 3.36. The molecule has 1 aromatic rings. The van der Waals surface area contributed by atoms with Crippen LogP contribution in [0.4, 0.5) is 0 Å². The molecule has 0 radical (unpaired) electrons. The molecule has 0 aromatic carbocycles. The first-order chi connectivity index (χ1) is 11.0. The summed E-state index contributed by atoms with van der Waals surface area (Å²) >= 11 is 0. The Hall–Kier alpha value is -1.86. The van der Waals surface area contributed by atoms with Crippen molar-refractivity contribution in [1.82, 2.24) is 10.2 Å². The van der Waals surface area contributed by atoms with Gasteiger partial charge in [0.2, 0.25) is 5.91 Å². The lowest BCUT2D eigenvalue weighted by atomic mass is 10.2. The third-order valence-corrected chi connectivity index (χ3v) is 3.36. The van der Waals surface area contributed by atoms with Crippen LogP contribution in [0.15, 0.2) is 10.5 Å². The highest BCUT2D eigenvalue weighted by Crippen LogP contribution is 2.16. The van der Waals surface area contributed by atoms with Crippen molar-refractivity contribution in [3.63, 3.8) is 0 Å². The van der Waals surface area contributed by atoms with Crippen LogP contribution in [0.1, 0.15) is 28.3 Å². The number of hydrogen-bond acceptors (Lipinski definition) is 5. The molecule has 0 fully saturated rings. The van der Waals surface area contributed by atoms with Gasteiger partial charge in [-0.15, -0.1) is 0 Å². The zero-order chi connectivity index (χ0) is 17.2. The lowest BCUT2D eigenvalue weighted by Crippen LogP contribution is -2.38. The second kappa shape index (κ2) is 10.0. The van der Waals surface area contributed by atoms with E-state index >= 15 is 0 Å². The quantitative estimate of drug-likeness (QED) is 0.652. The summed E-state index contributed by atoms with van der Waals surface area (Å²) in [6.07, 6.45) is 0.231. The van der Waals surface area contributed by atoms with Gasteiger partial charge in [-0.1, -0.05) is 0 Å². The SMILES string of the molecule is COCCNC(=O)CCN(CCOC)C(=O)c1cc(C)oc1C. The topological polar surface area (TPSA) is 81.0 Å². The van der Waals surface area contributed by atoms with Gasteiger partial charge in [-0.2, -0.15) is 0 Å². The highest BCUT2D eigenvalue weighted by atomic mass is 16.5. The number of ether oxygens (including phenoxy) is 2. The van der Waals surface area contributed by atoms with E-state index in [0.717, 1.165) is 0 Å². The van der Waals surface area contributed by atoms with Crippen LogP contribution in [0.25, 0.3) is 0 Å². The Morgan fingerprint density at radius 3 is 2.43 bits per heavy atom. The Labute approximate surface area is 136 Å². The third kappa shape index (κ3) is 6.42. The monoisotopic (exact) mass is 326 g/mol. The highest BCUT2D eigenvalue weighted by molar-refractivity contribution is 5.95. The van der Waals surface area contributed by atoms with E-state index in [1.54, 1.807) is 39.0 Å². The normalized spacial score (nSPS) is 10.6. The van der Waals surface area contributed by atoms with Crippen molar-refractivity contribution in [2.45, 2.75) is 20.3 Å². The number of rotatable bonds is 10. The fourth-order valence-electron chi connectivity index (χ4n) is 2.15. The Kier molecular flexibility index (Phi) is 8.36. The van der Waals surface area contributed by atoms with Gasteiger partial charge in [-0.25, -0.2) is 0 Å². The van der Waals surface area contributed by atoms with Crippen molar-refractivity contribution in [3.05, 3.63) is 23.2 Å². The number of furan rings is 1. The van der Waals surface area contributed by atoms with E-state index in [9.17, 15) is 9.59 Å². The summed E-state index contributed by atoms with van der Waals surface area (Å²) in [5.41, 5.74) is 0.526. The van der Waals surface area contributed by atoms with Gasteiger partial charge in [-0.05, 0) is 19.9 Å². The molecule has 1 N–H and O–H groups in total. The van der Waals surface area contributed by atoms with Crippen molar-refractivity contribution >= 4 is 11.8 Å². The molecule has 7 nitrogen and oxygen atoms in total. The molecule has 0 aliphatic heterocycles. The molecular formula is C16H26N2O5. The number of methoxy groups -OCH3 is 2. The first kappa shape index (κ1) is 19.2. The Morgan fingerprint density at radius 1 is 1.17 bits per heavy atom. The van der Waals surface area contributed by atoms with Crippen LogP contribution in [0.3, 0.4) is 0 Å². The Morgan fingerprint density at radius 2 is 1.87 bits per heavy atom. The molecule has 1 heterocycles. The molecule has 0 aliphatic carbocycles. The van der Waals surface area contributed by atoms with Crippen molar-refractivity contribution in [3.8, 4) is 0 Å². The van der Waals surface area contributed by atoms with Crippen LogP contribution < -0.4 is 5.32 Å². The molecule has 0 bridgehead atoms. The van der Waals surface area contributed by atoms with Gasteiger partial charge in [0.1, 0.15) is 11.5 Å². The number of carbonyl (C=O) groups is 2. The van der Waals surface area contributed by atoms with Crippen LogP contribution in [0.2, 0.25) is 0 Å². The van der Waals surface area contributed by atoms with Gasteiger partial charge in [0.15, 0.2) is 0 Å². The van der Waals surface area contributed by atoms with Crippen LogP contribution >= 0.6 is 0 Å². The smallest absolute Gasteiger partial charge is 0.257 e. The predicted molar refractivity (Wildman–Crippen MR) is 85.5 cm³/mol. The zero-order valence-corrected chi connectivity index (χ0v) is 14.3. The number of aryl methyl sites for hydroxylation is 2. The minimum absolute atomic E-state index is 0.114. The van der Waals surface area contributed by atoms with Gasteiger partial charge < -0.3 is 24.1 Å². The summed E-state index contributed by atoms with van der Waals surface area (Å²) in [4.78, 5) is 26.0. The molecule has 0 unspecified atom stereocenters. The number of nitrogens with zero attached hydrogens (tertiary/aromatic N) is 1. The van der Waals surface area contributed by atoms with Crippen molar-refractivity contribution in [2.24, 2.45) is 0 Å². The summed E-state index contributed by atoms with van der Waals surface area (Å²) in [6.45, 7) is 5.63. The molecule has 23 heavy (non-hydrogen) atoms. The molecule has 2 amide bonds. The zero-order valence-electron chi connectivity index (χ0n) is 14.3. The van der Waals surface area contributed by atoms with Gasteiger partial charge in [0.05, 0.1) is 18.8 Å². The van der Waals surface area contributed by atoms with E-state index in [0.29, 0.717) is 49.9 Å². The Balaban J connectivity index is 2.63. The molecule has 0 aliphatic rings. The van der Waals surface area contributed by atoms with E-state index in [4.69, 9.17) is 13.9 Å². The van der Waals surface area contributed by atoms with Gasteiger partial charge in [0, 0.05) is 40.3 Å². The maximum absolute atomic E-state index is 12.6. The van der Waals surface area contributed by atoms with Gasteiger partial charge >= 0.3 is 0 Å². The molecular weight excluding hydrogens is 300 g/mol. The lowest BCUT2D eigenvalue weighted by molar-refractivity contribution is -0.121. The first-order valence-corrected chi connectivity index (χ1v) is 7.60. The number of carbonyl (C=O) groups excluding carboxylic acids is 2. The number of amides is 2. The Bertz CT molecular complexity index is 513. The second-order valence-electron chi connectivity index (χ2n) is 5.20. The molecule has 130 valence electrons. The number of nitrogens with one attached hydrogen (secondary N) is 1. The first-order valence-electron chi connectivity index (χ1n) is 7.60. The van der Waals surface area contributed by atoms with Crippen molar-refractivity contribution in [2.75, 3.05) is 47.1 Å². The van der Waals surface area contributed by atoms with E-state index in [-0.39, 0.29) is 18.2 Å². The predicted octanol–water partition coefficient (Wildman–Crippen LogP) is 1.14. The standard InChI is InChI=1S/C16H26N2O5/c1-12-11-14(13(2)23-12)16(20)18(8-10-22-4)7-5-15(19)17-6-9-21-3/h11H,5-10H2,1-4H3,(H,17,19). The molecule has 0 saturated carbocycles. The lowest BCUT2D eigenvalue weighted by Gasteiger charge is -2.22. The minimum atomic E-state index is -0.152. The van der Waals surface area contributed by atoms with E-state index in [1.165, 1.54) is 0 Å². The fraction of sp³-hybridized carbons (Fsp3) is 0.625. The number of hydrogen-bond donors (Lipinski definition) is 1. The van der Waals surface area contributed by atoms with Crippen LogP contribution in [-0.2, 0) is 14.3 Å². The fourth-order valence-corrected chi connectivity index (χ4v) is 2.15. The molecule has 0 saturated heterocycles. The van der Waals surface area contributed by atoms with E-state index in [1.807, 2.05) is 0 Å². The summed E-state index contributed by atoms with van der Waals surface area (Å²) < 4.78 is 15.3. The second-order valence-corrected chi connectivity index (χ2v) is 5.20. The van der Waals surface area contributed by atoms with Crippen molar-refractivity contribution < 1.29 is 23.5 Å². The maximum Gasteiger partial charge on any atom is 0.257 e.